The van der Waals surface area contributed by atoms with Crippen molar-refractivity contribution in [2.75, 3.05) is 17.2 Å². The summed E-state index contributed by atoms with van der Waals surface area (Å²) < 4.78 is 5.35. The van der Waals surface area contributed by atoms with Crippen molar-refractivity contribution in [3.05, 3.63) is 54.2 Å². The smallest absolute Gasteiger partial charge is 0.262 e. The highest BCUT2D eigenvalue weighted by Crippen LogP contribution is 2.30. The number of carbonyl (C=O) groups excluding carboxylic acids is 2. The Balaban J connectivity index is 1.38. The molecule has 2 amide bonds. The predicted molar refractivity (Wildman–Crippen MR) is 95.8 cm³/mol. The molecule has 0 fully saturated rings. The molecule has 0 aliphatic carbocycles. The van der Waals surface area contributed by atoms with Crippen LogP contribution in [-0.2, 0) is 16.0 Å². The predicted octanol–water partition coefficient (Wildman–Crippen LogP) is 3.07. The number of aromatic nitrogens is 1. The van der Waals surface area contributed by atoms with Crippen LogP contribution >= 0.6 is 0 Å². The van der Waals surface area contributed by atoms with Gasteiger partial charge in [-0.05, 0) is 47.7 Å². The van der Waals surface area contributed by atoms with E-state index in [9.17, 15) is 9.59 Å². The first-order chi connectivity index (χ1) is 12.2. The number of anilines is 2. The maximum absolute atomic E-state index is 12.2. The number of ether oxygens (including phenoxy) is 1. The van der Waals surface area contributed by atoms with Gasteiger partial charge in [0, 0.05) is 29.9 Å². The zero-order valence-electron chi connectivity index (χ0n) is 13.5. The highest BCUT2D eigenvalue weighted by Gasteiger charge is 2.16. The Labute approximate surface area is 144 Å². The number of benzene rings is 2. The van der Waals surface area contributed by atoms with Gasteiger partial charge in [-0.15, -0.1) is 0 Å². The molecule has 1 aliphatic heterocycles. The van der Waals surface area contributed by atoms with E-state index in [1.54, 1.807) is 18.2 Å². The summed E-state index contributed by atoms with van der Waals surface area (Å²) in [6.45, 7) is -0.00790. The number of aryl methyl sites for hydroxylation is 1. The first kappa shape index (κ1) is 15.3. The molecule has 2 aromatic carbocycles. The molecular weight excluding hydrogens is 318 g/mol. The Morgan fingerprint density at radius 1 is 1.16 bits per heavy atom. The molecule has 3 N–H and O–H groups in total. The standard InChI is InChI=1S/C19H17N3O3/c23-18(6-2-12-1-4-15-13(9-12)7-8-20-15)21-14-3-5-16-17(10-14)25-11-19(24)22-16/h1,3-5,7-10,20H,2,6,11H2,(H,21,23)(H,22,24). The van der Waals surface area contributed by atoms with Crippen molar-refractivity contribution in [1.82, 2.24) is 4.98 Å². The Hall–Kier alpha value is -3.28. The quantitative estimate of drug-likeness (QED) is 0.685. The van der Waals surface area contributed by atoms with Crippen molar-refractivity contribution in [1.29, 1.82) is 0 Å². The molecule has 0 atom stereocenters. The molecule has 126 valence electrons. The minimum absolute atomic E-state index is 0.00790. The van der Waals surface area contributed by atoms with E-state index in [4.69, 9.17) is 4.74 Å². The summed E-state index contributed by atoms with van der Waals surface area (Å²) in [5, 5.41) is 6.73. The number of aromatic amines is 1. The van der Waals surface area contributed by atoms with Crippen molar-refractivity contribution in [2.24, 2.45) is 0 Å². The molecule has 1 aromatic heterocycles. The van der Waals surface area contributed by atoms with Crippen LogP contribution in [0.25, 0.3) is 10.9 Å². The summed E-state index contributed by atoms with van der Waals surface area (Å²) >= 11 is 0. The van der Waals surface area contributed by atoms with Crippen molar-refractivity contribution < 1.29 is 14.3 Å². The van der Waals surface area contributed by atoms with Crippen LogP contribution in [0.3, 0.4) is 0 Å². The molecule has 25 heavy (non-hydrogen) atoms. The lowest BCUT2D eigenvalue weighted by molar-refractivity contribution is -0.118. The number of carbonyl (C=O) groups is 2. The molecule has 1 aliphatic rings. The van der Waals surface area contributed by atoms with Gasteiger partial charge in [-0.25, -0.2) is 0 Å². The normalized spacial score (nSPS) is 13.0. The fraction of sp³-hybridized carbons (Fsp3) is 0.158. The summed E-state index contributed by atoms with van der Waals surface area (Å²) in [7, 11) is 0. The van der Waals surface area contributed by atoms with Gasteiger partial charge in [0.2, 0.25) is 5.91 Å². The van der Waals surface area contributed by atoms with E-state index in [0.29, 0.717) is 30.0 Å². The highest BCUT2D eigenvalue weighted by molar-refractivity contribution is 5.97. The second-order valence-electron chi connectivity index (χ2n) is 6.00. The van der Waals surface area contributed by atoms with Crippen molar-refractivity contribution in [2.45, 2.75) is 12.8 Å². The van der Waals surface area contributed by atoms with Gasteiger partial charge in [0.25, 0.3) is 5.91 Å². The van der Waals surface area contributed by atoms with Gasteiger partial charge < -0.3 is 20.4 Å². The Kier molecular flexibility index (Phi) is 3.85. The first-order valence-electron chi connectivity index (χ1n) is 8.10. The van der Waals surface area contributed by atoms with Gasteiger partial charge in [0.15, 0.2) is 6.61 Å². The number of nitrogens with one attached hydrogen (secondary N) is 3. The summed E-state index contributed by atoms with van der Waals surface area (Å²) in [5.41, 5.74) is 3.49. The van der Waals surface area contributed by atoms with Crippen LogP contribution in [0.4, 0.5) is 11.4 Å². The number of rotatable bonds is 4. The Morgan fingerprint density at radius 3 is 3.00 bits per heavy atom. The fourth-order valence-electron chi connectivity index (χ4n) is 2.89. The second-order valence-corrected chi connectivity index (χ2v) is 6.00. The van der Waals surface area contributed by atoms with Gasteiger partial charge in [0.05, 0.1) is 5.69 Å². The zero-order valence-corrected chi connectivity index (χ0v) is 13.5. The molecule has 0 spiro atoms. The summed E-state index contributed by atoms with van der Waals surface area (Å²) in [6.07, 6.45) is 2.97. The van der Waals surface area contributed by atoms with Crippen LogP contribution in [-0.4, -0.2) is 23.4 Å². The minimum Gasteiger partial charge on any atom is -0.482 e. The van der Waals surface area contributed by atoms with E-state index in [1.165, 1.54) is 0 Å². The maximum Gasteiger partial charge on any atom is 0.262 e. The molecule has 0 radical (unpaired) electrons. The summed E-state index contributed by atoms with van der Waals surface area (Å²) in [5.74, 6) is 0.327. The van der Waals surface area contributed by atoms with Crippen molar-refractivity contribution in [3.63, 3.8) is 0 Å². The maximum atomic E-state index is 12.2. The Morgan fingerprint density at radius 2 is 2.08 bits per heavy atom. The second kappa shape index (κ2) is 6.32. The van der Waals surface area contributed by atoms with Crippen molar-refractivity contribution >= 4 is 34.1 Å². The van der Waals surface area contributed by atoms with E-state index in [2.05, 4.69) is 21.7 Å². The lowest BCUT2D eigenvalue weighted by Gasteiger charge is -2.18. The third-order valence-electron chi connectivity index (χ3n) is 4.16. The zero-order chi connectivity index (χ0) is 17.2. The van der Waals surface area contributed by atoms with Gasteiger partial charge in [-0.2, -0.15) is 0 Å². The topological polar surface area (TPSA) is 83.2 Å². The van der Waals surface area contributed by atoms with Gasteiger partial charge in [-0.3, -0.25) is 9.59 Å². The molecule has 0 saturated heterocycles. The average Bonchev–Trinajstić information content (AvgIpc) is 3.08. The molecule has 0 bridgehead atoms. The number of H-pyrrole nitrogens is 1. The number of hydrogen-bond acceptors (Lipinski definition) is 3. The van der Waals surface area contributed by atoms with Gasteiger partial charge in [-0.1, -0.05) is 6.07 Å². The molecule has 0 saturated carbocycles. The molecule has 2 heterocycles. The summed E-state index contributed by atoms with van der Waals surface area (Å²) in [6, 6.07) is 13.4. The van der Waals surface area contributed by atoms with Crippen LogP contribution in [0.5, 0.6) is 5.75 Å². The molecule has 4 rings (SSSR count). The van der Waals surface area contributed by atoms with Gasteiger partial charge >= 0.3 is 0 Å². The van der Waals surface area contributed by atoms with Crippen LogP contribution < -0.4 is 15.4 Å². The monoisotopic (exact) mass is 335 g/mol. The first-order valence-corrected chi connectivity index (χ1v) is 8.10. The van der Waals surface area contributed by atoms with Gasteiger partial charge in [0.1, 0.15) is 5.75 Å². The minimum atomic E-state index is -0.177. The largest absolute Gasteiger partial charge is 0.482 e. The third kappa shape index (κ3) is 3.33. The van der Waals surface area contributed by atoms with E-state index >= 15 is 0 Å². The fourth-order valence-corrected chi connectivity index (χ4v) is 2.89. The van der Waals surface area contributed by atoms with E-state index < -0.39 is 0 Å². The average molecular weight is 335 g/mol. The number of fused-ring (bicyclic) bond motifs is 2. The third-order valence-corrected chi connectivity index (χ3v) is 4.16. The summed E-state index contributed by atoms with van der Waals surface area (Å²) in [4.78, 5) is 26.6. The molecular formula is C19H17N3O3. The molecule has 0 unspecified atom stereocenters. The van der Waals surface area contributed by atoms with E-state index in [1.807, 2.05) is 24.4 Å². The lowest BCUT2D eigenvalue weighted by atomic mass is 10.1. The molecule has 6 heteroatoms. The van der Waals surface area contributed by atoms with Crippen LogP contribution in [0, 0.1) is 0 Å². The van der Waals surface area contributed by atoms with Crippen LogP contribution in [0.2, 0.25) is 0 Å². The van der Waals surface area contributed by atoms with Crippen LogP contribution in [0.15, 0.2) is 48.7 Å². The molecule has 6 nitrogen and oxygen atoms in total. The lowest BCUT2D eigenvalue weighted by Crippen LogP contribution is -2.25. The van der Waals surface area contributed by atoms with E-state index in [0.717, 1.165) is 16.5 Å². The number of amides is 2. The van der Waals surface area contributed by atoms with Crippen LogP contribution in [0.1, 0.15) is 12.0 Å². The number of hydrogen-bond donors (Lipinski definition) is 3. The Bertz CT molecular complexity index is 961. The SMILES string of the molecule is O=C(CCc1ccc2[nH]ccc2c1)Nc1ccc2c(c1)OCC(=O)N2. The van der Waals surface area contributed by atoms with E-state index in [-0.39, 0.29) is 18.4 Å². The molecule has 3 aromatic rings. The highest BCUT2D eigenvalue weighted by atomic mass is 16.5. The van der Waals surface area contributed by atoms with Crippen molar-refractivity contribution in [3.8, 4) is 5.75 Å².